The number of nitrogens with two attached hydrogens (primary N) is 1. The van der Waals surface area contributed by atoms with E-state index in [1.807, 2.05) is 0 Å². The van der Waals surface area contributed by atoms with Crippen molar-refractivity contribution in [3.05, 3.63) is 58.6 Å². The average molecular weight is 482 g/mol. The van der Waals surface area contributed by atoms with Gasteiger partial charge in [-0.15, -0.1) is 0 Å². The molecule has 30 heavy (non-hydrogen) atoms. The summed E-state index contributed by atoms with van der Waals surface area (Å²) in [7, 11) is -4.25. The van der Waals surface area contributed by atoms with Crippen LogP contribution in [0.2, 0.25) is 5.02 Å². The summed E-state index contributed by atoms with van der Waals surface area (Å²) in [5.74, 6) is 0. The van der Waals surface area contributed by atoms with Gasteiger partial charge >= 0.3 is 6.18 Å². The topological polar surface area (TPSA) is 87.2 Å². The van der Waals surface area contributed by atoms with Crippen LogP contribution < -0.4 is 10.6 Å². The second-order valence-electron chi connectivity index (χ2n) is 6.08. The number of thiocarbonyl (C=S) groups is 1. The van der Waals surface area contributed by atoms with Crippen molar-refractivity contribution in [1.29, 1.82) is 5.41 Å². The highest BCUT2D eigenvalue weighted by atomic mass is 35.5. The van der Waals surface area contributed by atoms with E-state index in [9.17, 15) is 26.0 Å². The maximum atomic E-state index is 13.2. The van der Waals surface area contributed by atoms with E-state index in [-0.39, 0.29) is 15.6 Å². The summed E-state index contributed by atoms with van der Waals surface area (Å²) in [6, 6.07) is 7.72. The van der Waals surface area contributed by atoms with Crippen molar-refractivity contribution in [1.82, 2.24) is 0 Å². The zero-order valence-corrected chi connectivity index (χ0v) is 17.5. The second-order valence-corrected chi connectivity index (χ2v) is 9.04. The minimum Gasteiger partial charge on any atom is -0.376 e. The minimum atomic E-state index is -4.80. The molecule has 3 N–H and O–H groups in total. The fourth-order valence-electron chi connectivity index (χ4n) is 2.79. The summed E-state index contributed by atoms with van der Waals surface area (Å²) < 4.78 is 78.7. The molecule has 0 aliphatic heterocycles. The molecular formula is C18H16ClF4N3O2S2. The zero-order valence-electron chi connectivity index (χ0n) is 15.2. The molecule has 162 valence electrons. The molecule has 0 amide bonds. The van der Waals surface area contributed by atoms with E-state index in [1.54, 1.807) is 0 Å². The third-order valence-electron chi connectivity index (χ3n) is 4.22. The predicted octanol–water partition coefficient (Wildman–Crippen LogP) is 4.89. The van der Waals surface area contributed by atoms with Crippen molar-refractivity contribution in [3.63, 3.8) is 0 Å². The Morgan fingerprint density at radius 2 is 1.83 bits per heavy atom. The third-order valence-corrected chi connectivity index (χ3v) is 6.94. The molecule has 0 bridgehead atoms. The summed E-state index contributed by atoms with van der Waals surface area (Å²) in [5.41, 5.74) is 4.36. The molecule has 0 saturated carbocycles. The number of nitrogens with zero attached hydrogens (tertiary/aromatic N) is 1. The lowest BCUT2D eigenvalue weighted by Crippen LogP contribution is -2.33. The molecule has 0 aliphatic carbocycles. The number of benzene rings is 2. The maximum absolute atomic E-state index is 13.2. The quantitative estimate of drug-likeness (QED) is 0.254. The van der Waals surface area contributed by atoms with E-state index in [0.29, 0.717) is 11.8 Å². The molecule has 1 unspecified atom stereocenters. The van der Waals surface area contributed by atoms with Gasteiger partial charge < -0.3 is 5.73 Å². The molecule has 2 aromatic rings. The zero-order chi connectivity index (χ0) is 22.7. The van der Waals surface area contributed by atoms with Crippen molar-refractivity contribution in [2.24, 2.45) is 5.73 Å². The van der Waals surface area contributed by atoms with Gasteiger partial charge in [0.25, 0.3) is 0 Å². The molecule has 0 radical (unpaired) electrons. The Morgan fingerprint density at radius 3 is 2.30 bits per heavy atom. The first-order valence-electron chi connectivity index (χ1n) is 8.29. The molecule has 0 spiro atoms. The predicted molar refractivity (Wildman–Crippen MR) is 111 cm³/mol. The normalized spacial score (nSPS) is 13.0. The van der Waals surface area contributed by atoms with Crippen molar-refractivity contribution in [2.75, 3.05) is 11.6 Å². The lowest BCUT2D eigenvalue weighted by atomic mass is 10.1. The Balaban J connectivity index is 2.52. The molecule has 5 nitrogen and oxygen atoms in total. The molecule has 0 fully saturated rings. The van der Waals surface area contributed by atoms with E-state index in [1.165, 1.54) is 24.3 Å². The molecule has 0 saturated heterocycles. The van der Waals surface area contributed by atoms with Crippen LogP contribution in [0.25, 0.3) is 0 Å². The van der Waals surface area contributed by atoms with Crippen LogP contribution in [-0.4, -0.2) is 26.5 Å². The Hall–Kier alpha value is -2.24. The van der Waals surface area contributed by atoms with E-state index in [0.717, 1.165) is 23.4 Å². The first-order valence-corrected chi connectivity index (χ1v) is 10.6. The molecule has 1 atom stereocenters. The van der Waals surface area contributed by atoms with Crippen LogP contribution in [-0.2, 0) is 16.0 Å². The molecule has 2 aromatic carbocycles. The average Bonchev–Trinajstić information content (AvgIpc) is 2.66. The summed E-state index contributed by atoms with van der Waals surface area (Å²) in [6.45, 7) is -1.06. The third kappa shape index (κ3) is 5.08. The largest absolute Gasteiger partial charge is 0.417 e. The number of hydrogen-bond donors (Lipinski definition) is 2. The molecule has 2 rings (SSSR count). The van der Waals surface area contributed by atoms with E-state index >= 15 is 0 Å². The van der Waals surface area contributed by atoms with Crippen LogP contribution in [0.3, 0.4) is 0 Å². The lowest BCUT2D eigenvalue weighted by Gasteiger charge is -2.20. The number of nitrogens with one attached hydrogen (secondary N) is 1. The van der Waals surface area contributed by atoms with Crippen molar-refractivity contribution < 1.29 is 26.0 Å². The molecular weight excluding hydrogens is 466 g/mol. The van der Waals surface area contributed by atoms with E-state index in [2.05, 4.69) is 0 Å². The van der Waals surface area contributed by atoms with Crippen LogP contribution >= 0.6 is 23.8 Å². The highest BCUT2D eigenvalue weighted by Gasteiger charge is 2.36. The molecule has 0 heterocycles. The van der Waals surface area contributed by atoms with E-state index < -0.39 is 44.9 Å². The number of rotatable bonds is 7. The monoisotopic (exact) mass is 481 g/mol. The maximum Gasteiger partial charge on any atom is 0.417 e. The van der Waals surface area contributed by atoms with Gasteiger partial charge in [0, 0.05) is 5.69 Å². The van der Waals surface area contributed by atoms with Gasteiger partial charge in [-0.25, -0.2) is 8.42 Å². The SMILES string of the molecule is N=CN(C(N)=S)c1ccc(S(=O)(=O)C(CCF)c2ccc(Cl)c(C(F)(F)F)c2)cc1. The Morgan fingerprint density at radius 1 is 1.23 bits per heavy atom. The van der Waals surface area contributed by atoms with Gasteiger partial charge in [0.15, 0.2) is 14.9 Å². The van der Waals surface area contributed by atoms with Gasteiger partial charge in [-0.1, -0.05) is 17.7 Å². The highest BCUT2D eigenvalue weighted by molar-refractivity contribution is 7.91. The summed E-state index contributed by atoms with van der Waals surface area (Å²) >= 11 is 10.4. The second kappa shape index (κ2) is 9.27. The Bertz CT molecular complexity index is 1040. The van der Waals surface area contributed by atoms with Gasteiger partial charge in [-0.2, -0.15) is 13.2 Å². The number of hydrogen-bond acceptors (Lipinski definition) is 4. The number of anilines is 1. The molecule has 12 heteroatoms. The van der Waals surface area contributed by atoms with Gasteiger partial charge in [0.1, 0.15) is 0 Å². The summed E-state index contributed by atoms with van der Waals surface area (Å²) in [6.07, 6.45) is -4.50. The first kappa shape index (κ1) is 24.0. The molecule has 0 aliphatic rings. The van der Waals surface area contributed by atoms with Crippen LogP contribution in [0, 0.1) is 5.41 Å². The van der Waals surface area contributed by atoms with Crippen LogP contribution in [0.15, 0.2) is 47.4 Å². The smallest absolute Gasteiger partial charge is 0.376 e. The number of alkyl halides is 4. The van der Waals surface area contributed by atoms with Crippen LogP contribution in [0.1, 0.15) is 22.8 Å². The van der Waals surface area contributed by atoms with E-state index in [4.69, 9.17) is 35.0 Å². The van der Waals surface area contributed by atoms with Crippen molar-refractivity contribution >= 4 is 50.8 Å². The summed E-state index contributed by atoms with van der Waals surface area (Å²) in [5, 5.41) is 5.02. The minimum absolute atomic E-state index is 0.142. The first-order chi connectivity index (χ1) is 13.9. The fraction of sp³-hybridized carbons (Fsp3) is 0.222. The van der Waals surface area contributed by atoms with Gasteiger partial charge in [0.05, 0.1) is 33.7 Å². The van der Waals surface area contributed by atoms with Gasteiger partial charge in [-0.3, -0.25) is 14.7 Å². The number of sulfone groups is 1. The van der Waals surface area contributed by atoms with Crippen molar-refractivity contribution in [3.8, 4) is 0 Å². The Labute approximate surface area is 180 Å². The van der Waals surface area contributed by atoms with Crippen LogP contribution in [0.5, 0.6) is 0 Å². The standard InChI is InChI=1S/C18H16ClF4N3O2S2/c19-15-6-1-11(9-14(15)18(21,22)23)16(7-8-20)30(27,28)13-4-2-12(3-5-13)26(10-24)17(25)29/h1-6,9-10,16,24H,7-8H2,(H2,25,29). The Kier molecular flexibility index (Phi) is 7.43. The fourth-order valence-corrected chi connectivity index (χ4v) is 4.92. The number of halogens is 5. The van der Waals surface area contributed by atoms with Gasteiger partial charge in [0.2, 0.25) is 0 Å². The van der Waals surface area contributed by atoms with Crippen LogP contribution in [0.4, 0.5) is 23.2 Å². The van der Waals surface area contributed by atoms with Gasteiger partial charge in [-0.05, 0) is 60.6 Å². The highest BCUT2D eigenvalue weighted by Crippen LogP contribution is 2.39. The molecule has 0 aromatic heterocycles. The lowest BCUT2D eigenvalue weighted by molar-refractivity contribution is -0.137. The summed E-state index contributed by atoms with van der Waals surface area (Å²) in [4.78, 5) is 0.876. The van der Waals surface area contributed by atoms with Crippen molar-refractivity contribution in [2.45, 2.75) is 22.7 Å².